The minimum atomic E-state index is -4.66. The van der Waals surface area contributed by atoms with E-state index in [1.165, 1.54) is 40.9 Å². The predicted molar refractivity (Wildman–Crippen MR) is 276 cm³/mol. The van der Waals surface area contributed by atoms with Crippen LogP contribution < -0.4 is 10.2 Å². The van der Waals surface area contributed by atoms with E-state index >= 15 is 0 Å². The lowest BCUT2D eigenvalue weighted by molar-refractivity contribution is -0.189. The van der Waals surface area contributed by atoms with E-state index in [1.54, 1.807) is 36.7 Å². The van der Waals surface area contributed by atoms with Crippen LogP contribution in [0.2, 0.25) is 10.3 Å². The van der Waals surface area contributed by atoms with Gasteiger partial charge in [0, 0.05) is 51.9 Å². The summed E-state index contributed by atoms with van der Waals surface area (Å²) in [5, 5.41) is 18.7. The summed E-state index contributed by atoms with van der Waals surface area (Å²) in [6, 6.07) is 35.9. The Hall–Kier alpha value is -6.10. The van der Waals surface area contributed by atoms with Crippen molar-refractivity contribution < 1.29 is 45.5 Å². The molecule has 0 bridgehead atoms. The maximum atomic E-state index is 14.6. The number of ether oxygens (including phenoxy) is 1. The molecule has 0 saturated heterocycles. The average molecular weight is 1090 g/mol. The molecule has 374 valence electrons. The van der Waals surface area contributed by atoms with Crippen LogP contribution in [-0.4, -0.2) is 32.1 Å². The normalized spacial score (nSPS) is 10.8. The van der Waals surface area contributed by atoms with Crippen LogP contribution >= 0.6 is 39.1 Å². The van der Waals surface area contributed by atoms with Crippen LogP contribution in [0.3, 0.4) is 0 Å². The highest BCUT2D eigenvalue weighted by Crippen LogP contribution is 2.38. The molecule has 0 aliphatic heterocycles. The Kier molecular flexibility index (Phi) is 21.8. The van der Waals surface area contributed by atoms with Gasteiger partial charge in [-0.1, -0.05) is 142 Å². The summed E-state index contributed by atoms with van der Waals surface area (Å²) in [6.07, 6.45) is 6.73. The summed E-state index contributed by atoms with van der Waals surface area (Å²) >= 11 is 14.5. The fourth-order valence-corrected chi connectivity index (χ4v) is 7.34. The number of halogens is 10. The smallest absolute Gasteiger partial charge is 0.429 e. The zero-order chi connectivity index (χ0) is 52.4. The Bertz CT molecular complexity index is 2880. The largest absolute Gasteiger partial charge is 0.488 e. The fraction of sp³-hybridized carbons (Fsp3) is 0.182. The van der Waals surface area contributed by atoms with E-state index < -0.39 is 53.6 Å². The highest BCUT2D eigenvalue weighted by molar-refractivity contribution is 9.10. The van der Waals surface area contributed by atoms with Gasteiger partial charge in [0.2, 0.25) is 0 Å². The third-order valence-electron chi connectivity index (χ3n) is 10.5. The molecule has 0 saturated carbocycles. The first-order chi connectivity index (χ1) is 34.4. The number of benzene rings is 5. The molecule has 8 rings (SSSR count). The molecule has 3 aromatic heterocycles. The second-order valence-corrected chi connectivity index (χ2v) is 17.7. The van der Waals surface area contributed by atoms with Gasteiger partial charge in [-0.25, -0.2) is 31.9 Å². The predicted octanol–water partition coefficient (Wildman–Crippen LogP) is 15.4. The van der Waals surface area contributed by atoms with Crippen LogP contribution in [0.4, 0.5) is 30.7 Å². The molecule has 0 atom stereocenters. The van der Waals surface area contributed by atoms with Crippen molar-refractivity contribution in [3.8, 4) is 39.3 Å². The summed E-state index contributed by atoms with van der Waals surface area (Å²) in [5.41, 5.74) is 6.50. The van der Waals surface area contributed by atoms with Crippen molar-refractivity contribution in [2.45, 2.75) is 65.4 Å². The monoisotopic (exact) mass is 1090 g/mol. The Morgan fingerprint density at radius 2 is 0.931 bits per heavy atom. The van der Waals surface area contributed by atoms with E-state index in [0.29, 0.717) is 27.9 Å². The van der Waals surface area contributed by atoms with Gasteiger partial charge in [-0.3, -0.25) is 4.98 Å². The minimum Gasteiger partial charge on any atom is -0.429 e. The van der Waals surface area contributed by atoms with Crippen molar-refractivity contribution in [1.82, 2.24) is 15.0 Å². The molecule has 17 heteroatoms. The van der Waals surface area contributed by atoms with Gasteiger partial charge in [0.15, 0.2) is 17.5 Å². The number of aromatic nitrogens is 3. The molecule has 2 N–H and O–H groups in total. The molecule has 8 aromatic rings. The van der Waals surface area contributed by atoms with E-state index in [9.17, 15) is 30.7 Å². The molecular weight excluding hydrogens is 1050 g/mol. The third kappa shape index (κ3) is 17.0. The summed E-state index contributed by atoms with van der Waals surface area (Å²) in [4.78, 5) is 12.1. The van der Waals surface area contributed by atoms with Gasteiger partial charge >= 0.3 is 13.2 Å². The molecule has 0 aliphatic rings. The zero-order valence-electron chi connectivity index (χ0n) is 39.2. The number of pyridine rings is 3. The quantitative estimate of drug-likeness (QED) is 0.0518. The molecular formula is C55H48BBrCl2F7N3O3. The van der Waals surface area contributed by atoms with Crippen molar-refractivity contribution in [2.24, 2.45) is 0 Å². The topological polar surface area (TPSA) is 88.4 Å². The Morgan fingerprint density at radius 3 is 1.31 bits per heavy atom. The number of nitrogens with zero attached hydrogens (tertiary/aromatic N) is 3. The van der Waals surface area contributed by atoms with Gasteiger partial charge in [-0.2, -0.15) is 8.78 Å². The fourth-order valence-electron chi connectivity index (χ4n) is 6.88. The summed E-state index contributed by atoms with van der Waals surface area (Å²) in [7, 11) is -1.35. The Balaban J connectivity index is 0.000000217. The molecule has 0 unspecified atom stereocenters. The van der Waals surface area contributed by atoms with E-state index in [4.69, 9.17) is 33.2 Å². The molecule has 0 spiro atoms. The van der Waals surface area contributed by atoms with Gasteiger partial charge in [0.05, 0.1) is 5.69 Å². The molecule has 72 heavy (non-hydrogen) atoms. The van der Waals surface area contributed by atoms with Gasteiger partial charge in [0.1, 0.15) is 33.3 Å². The molecule has 6 nitrogen and oxygen atoms in total. The Labute approximate surface area is 432 Å². The standard InChI is InChI=1S/C27H18F7NO.C14H14ClN.C9H13BO2.C5H3BrClN/c1-2-3-15-4-6-16(7-5-15)17-8-9-24(35-14-17)18-10-20(28)25(21(29)11-18)27(33,34)36-19-12-22(30)26(32)23(31)13-19;1-2-3-11-4-6-12(7-5-11)13-8-9-14(15)16-10-13;1-2-3-8-4-6-9(7-5-8)10(11)12;6-4-1-2-5(7)8-3-4/h4-14H,2-3H2,1H3;4-10H,2-3H2,1H3;4-7,11-12H,2-3H2,1H3;1-3H. The summed E-state index contributed by atoms with van der Waals surface area (Å²) in [5.74, 6) is -10.0. The summed E-state index contributed by atoms with van der Waals surface area (Å²) < 4.78 is 103. The lowest BCUT2D eigenvalue weighted by Gasteiger charge is -2.20. The van der Waals surface area contributed by atoms with Crippen molar-refractivity contribution in [3.63, 3.8) is 0 Å². The highest BCUT2D eigenvalue weighted by Gasteiger charge is 2.41. The second-order valence-electron chi connectivity index (χ2n) is 16.0. The molecule has 0 fully saturated rings. The van der Waals surface area contributed by atoms with E-state index in [2.05, 4.69) is 80.7 Å². The molecule has 3 heterocycles. The van der Waals surface area contributed by atoms with Gasteiger partial charge in [-0.15, -0.1) is 0 Å². The highest BCUT2D eigenvalue weighted by atomic mass is 79.9. The summed E-state index contributed by atoms with van der Waals surface area (Å²) in [6.45, 7) is 6.39. The van der Waals surface area contributed by atoms with Gasteiger partial charge < -0.3 is 14.8 Å². The maximum absolute atomic E-state index is 14.6. The van der Waals surface area contributed by atoms with Crippen LogP contribution in [0.25, 0.3) is 33.5 Å². The number of rotatable bonds is 13. The first kappa shape index (κ1) is 56.8. The third-order valence-corrected chi connectivity index (χ3v) is 11.4. The SMILES string of the molecule is CCCc1ccc(-c2ccc(-c3cc(F)c(C(F)(F)Oc4cc(F)c(F)c(F)c4)c(F)c3)nc2)cc1.CCCc1ccc(-c2ccc(Cl)nc2)cc1.CCCc1ccc(B(O)O)cc1.Clc1ccc(Br)cn1. The maximum Gasteiger partial charge on any atom is 0.488 e. The second kappa shape index (κ2) is 27.7. The van der Waals surface area contributed by atoms with E-state index in [-0.39, 0.29) is 23.4 Å². The van der Waals surface area contributed by atoms with Crippen molar-refractivity contribution in [1.29, 1.82) is 0 Å². The first-order valence-electron chi connectivity index (χ1n) is 22.6. The van der Waals surface area contributed by atoms with Crippen molar-refractivity contribution >= 4 is 51.7 Å². The van der Waals surface area contributed by atoms with Gasteiger partial charge in [-0.05, 0) is 111 Å². The van der Waals surface area contributed by atoms with Crippen molar-refractivity contribution in [2.75, 3.05) is 0 Å². The average Bonchev–Trinajstić information content (AvgIpc) is 3.35. The van der Waals surface area contributed by atoms with Crippen LogP contribution in [0.5, 0.6) is 5.75 Å². The number of hydrogen-bond acceptors (Lipinski definition) is 6. The molecule has 0 radical (unpaired) electrons. The van der Waals surface area contributed by atoms with Crippen LogP contribution in [0.1, 0.15) is 62.3 Å². The first-order valence-corrected chi connectivity index (χ1v) is 24.2. The Morgan fingerprint density at radius 1 is 0.514 bits per heavy atom. The van der Waals surface area contributed by atoms with Crippen molar-refractivity contribution in [3.05, 3.63) is 218 Å². The van der Waals surface area contributed by atoms with E-state index in [1.807, 2.05) is 54.6 Å². The lowest BCUT2D eigenvalue weighted by Crippen LogP contribution is -2.29. The number of alkyl halides is 2. The van der Waals surface area contributed by atoms with Crippen LogP contribution in [0.15, 0.2) is 157 Å². The van der Waals surface area contributed by atoms with Crippen LogP contribution in [-0.2, 0) is 25.4 Å². The number of hydrogen-bond donors (Lipinski definition) is 2. The van der Waals surface area contributed by atoms with E-state index in [0.717, 1.165) is 53.3 Å². The lowest BCUT2D eigenvalue weighted by atomic mass is 9.80. The molecule has 0 amide bonds. The molecule has 5 aromatic carbocycles. The van der Waals surface area contributed by atoms with Gasteiger partial charge in [0.25, 0.3) is 0 Å². The number of aryl methyl sites for hydroxylation is 3. The minimum absolute atomic E-state index is 0.117. The van der Waals surface area contributed by atoms with Crippen LogP contribution in [0, 0.1) is 29.1 Å². The zero-order valence-corrected chi connectivity index (χ0v) is 42.3. The molecule has 0 aliphatic carbocycles.